The summed E-state index contributed by atoms with van der Waals surface area (Å²) in [4.78, 5) is 13.3. The number of aromatic nitrogens is 1. The van der Waals surface area contributed by atoms with Gasteiger partial charge in [-0.1, -0.05) is 0 Å². The number of thiocyanates is 1. The maximum absolute atomic E-state index is 10.3. The fourth-order valence-corrected chi connectivity index (χ4v) is 1.15. The zero-order valence-corrected chi connectivity index (χ0v) is 7.48. The molecule has 6 nitrogen and oxygen atoms in total. The second kappa shape index (κ2) is 4.21. The SMILES string of the molecule is N#CSc1ncc([N+](=O)[O-])cc1C#N. The van der Waals surface area contributed by atoms with Crippen molar-refractivity contribution in [3.8, 4) is 11.5 Å². The van der Waals surface area contributed by atoms with Gasteiger partial charge in [-0.25, -0.2) is 4.98 Å². The Labute approximate surface area is 82.9 Å². The average molecular weight is 206 g/mol. The van der Waals surface area contributed by atoms with Crippen LogP contribution in [-0.4, -0.2) is 9.91 Å². The first-order chi connectivity index (χ1) is 6.69. The lowest BCUT2D eigenvalue weighted by atomic mass is 10.3. The molecule has 7 heteroatoms. The first kappa shape index (κ1) is 9.96. The van der Waals surface area contributed by atoms with Crippen LogP contribution < -0.4 is 0 Å². The fourth-order valence-electron chi connectivity index (χ4n) is 0.746. The van der Waals surface area contributed by atoms with Crippen LogP contribution in [0.25, 0.3) is 0 Å². The maximum atomic E-state index is 10.3. The van der Waals surface area contributed by atoms with Crippen molar-refractivity contribution in [2.45, 2.75) is 5.03 Å². The van der Waals surface area contributed by atoms with Gasteiger partial charge in [-0.15, -0.1) is 0 Å². The largest absolute Gasteiger partial charge is 0.288 e. The van der Waals surface area contributed by atoms with Gasteiger partial charge in [0.25, 0.3) is 5.69 Å². The Kier molecular flexibility index (Phi) is 3.00. The molecule has 0 aliphatic rings. The van der Waals surface area contributed by atoms with E-state index in [1.165, 1.54) is 0 Å². The first-order valence-corrected chi connectivity index (χ1v) is 4.11. The van der Waals surface area contributed by atoms with Gasteiger partial charge in [0, 0.05) is 17.8 Å². The lowest BCUT2D eigenvalue weighted by Gasteiger charge is -1.95. The molecule has 1 heterocycles. The highest BCUT2D eigenvalue weighted by molar-refractivity contribution is 8.03. The normalized spacial score (nSPS) is 8.71. The van der Waals surface area contributed by atoms with E-state index in [-0.39, 0.29) is 16.3 Å². The van der Waals surface area contributed by atoms with Crippen molar-refractivity contribution >= 4 is 17.4 Å². The lowest BCUT2D eigenvalue weighted by Crippen LogP contribution is -1.92. The van der Waals surface area contributed by atoms with Crippen LogP contribution >= 0.6 is 11.8 Å². The Balaban J connectivity index is 3.21. The zero-order chi connectivity index (χ0) is 10.6. The van der Waals surface area contributed by atoms with E-state index in [2.05, 4.69) is 4.98 Å². The molecule has 0 bridgehead atoms. The second-order valence-electron chi connectivity index (χ2n) is 2.11. The number of nitrogens with zero attached hydrogens (tertiary/aromatic N) is 4. The summed E-state index contributed by atoms with van der Waals surface area (Å²) in [6.45, 7) is 0. The van der Waals surface area contributed by atoms with Crippen LogP contribution in [0.2, 0.25) is 0 Å². The van der Waals surface area contributed by atoms with E-state index in [1.807, 2.05) is 0 Å². The molecular formula is C7H2N4O2S. The highest BCUT2D eigenvalue weighted by Gasteiger charge is 2.12. The number of hydrogen-bond acceptors (Lipinski definition) is 6. The molecular weight excluding hydrogens is 204 g/mol. The van der Waals surface area contributed by atoms with Gasteiger partial charge in [0.1, 0.15) is 22.7 Å². The number of nitriles is 2. The molecule has 0 fully saturated rings. The molecule has 68 valence electrons. The lowest BCUT2D eigenvalue weighted by molar-refractivity contribution is -0.385. The molecule has 0 aromatic carbocycles. The summed E-state index contributed by atoms with van der Waals surface area (Å²) < 4.78 is 0. The number of hydrogen-bond donors (Lipinski definition) is 0. The fraction of sp³-hybridized carbons (Fsp3) is 0. The third-order valence-electron chi connectivity index (χ3n) is 1.31. The zero-order valence-electron chi connectivity index (χ0n) is 6.67. The molecule has 0 spiro atoms. The van der Waals surface area contributed by atoms with Gasteiger partial charge in [0.05, 0.1) is 10.5 Å². The molecule has 0 amide bonds. The monoisotopic (exact) mass is 206 g/mol. The van der Waals surface area contributed by atoms with E-state index in [4.69, 9.17) is 10.5 Å². The quantitative estimate of drug-likeness (QED) is 0.314. The molecule has 1 aromatic heterocycles. The Morgan fingerprint density at radius 2 is 2.29 bits per heavy atom. The van der Waals surface area contributed by atoms with Crippen LogP contribution in [-0.2, 0) is 0 Å². The minimum atomic E-state index is -0.644. The molecule has 0 radical (unpaired) electrons. The summed E-state index contributed by atoms with van der Waals surface area (Å²) in [5.41, 5.74) is -0.227. The van der Waals surface area contributed by atoms with Gasteiger partial charge < -0.3 is 0 Å². The highest BCUT2D eigenvalue weighted by Crippen LogP contribution is 2.22. The van der Waals surface area contributed by atoms with Crippen LogP contribution in [0.15, 0.2) is 17.3 Å². The van der Waals surface area contributed by atoms with Gasteiger partial charge in [0.2, 0.25) is 0 Å². The minimum absolute atomic E-state index is 0.0331. The number of nitro groups is 1. The third-order valence-corrected chi connectivity index (χ3v) is 1.92. The van der Waals surface area contributed by atoms with E-state index in [1.54, 1.807) is 11.5 Å². The van der Waals surface area contributed by atoms with Crippen LogP contribution in [0, 0.1) is 32.1 Å². The molecule has 0 saturated carbocycles. The maximum Gasteiger partial charge on any atom is 0.288 e. The molecule has 1 rings (SSSR count). The third kappa shape index (κ3) is 1.97. The van der Waals surface area contributed by atoms with Gasteiger partial charge >= 0.3 is 0 Å². The van der Waals surface area contributed by atoms with Crippen molar-refractivity contribution in [3.63, 3.8) is 0 Å². The number of rotatable bonds is 2. The Morgan fingerprint density at radius 1 is 1.57 bits per heavy atom. The predicted molar refractivity (Wildman–Crippen MR) is 47.1 cm³/mol. The van der Waals surface area contributed by atoms with Crippen molar-refractivity contribution in [3.05, 3.63) is 27.9 Å². The minimum Gasteiger partial charge on any atom is -0.258 e. The predicted octanol–water partition coefficient (Wildman–Crippen LogP) is 1.43. The summed E-state index contributed by atoms with van der Waals surface area (Å²) in [5, 5.41) is 29.2. The Morgan fingerprint density at radius 3 is 2.79 bits per heavy atom. The molecule has 1 aromatic rings. The summed E-state index contributed by atoms with van der Waals surface area (Å²) in [5.74, 6) is 0. The van der Waals surface area contributed by atoms with Crippen molar-refractivity contribution < 1.29 is 4.92 Å². The topological polar surface area (TPSA) is 104 Å². The highest BCUT2D eigenvalue weighted by atomic mass is 32.2. The average Bonchev–Trinajstić information content (AvgIpc) is 2.18. The number of thioether (sulfide) groups is 1. The molecule has 0 unspecified atom stereocenters. The molecule has 0 atom stereocenters. The molecule has 14 heavy (non-hydrogen) atoms. The van der Waals surface area contributed by atoms with Crippen LogP contribution in [0.5, 0.6) is 0 Å². The molecule has 0 aliphatic heterocycles. The molecule has 0 aliphatic carbocycles. The summed E-state index contributed by atoms with van der Waals surface area (Å²) in [7, 11) is 0. The van der Waals surface area contributed by atoms with E-state index < -0.39 is 4.92 Å². The smallest absolute Gasteiger partial charge is 0.258 e. The summed E-state index contributed by atoms with van der Waals surface area (Å²) in [6, 6.07) is 2.83. The van der Waals surface area contributed by atoms with E-state index in [9.17, 15) is 10.1 Å². The second-order valence-corrected chi connectivity index (χ2v) is 2.88. The molecule has 0 N–H and O–H groups in total. The molecule has 0 saturated heterocycles. The number of pyridine rings is 1. The van der Waals surface area contributed by atoms with Gasteiger partial charge in [-0.3, -0.25) is 10.1 Å². The van der Waals surface area contributed by atoms with Crippen LogP contribution in [0.1, 0.15) is 5.56 Å². The van der Waals surface area contributed by atoms with Gasteiger partial charge in [0.15, 0.2) is 0 Å². The van der Waals surface area contributed by atoms with Crippen LogP contribution in [0.4, 0.5) is 5.69 Å². The van der Waals surface area contributed by atoms with Crippen molar-refractivity contribution in [2.75, 3.05) is 0 Å². The van der Waals surface area contributed by atoms with E-state index >= 15 is 0 Å². The van der Waals surface area contributed by atoms with Crippen molar-refractivity contribution in [1.29, 1.82) is 10.5 Å². The first-order valence-electron chi connectivity index (χ1n) is 3.29. The standard InChI is InChI=1S/C7H2N4O2S/c8-2-5-1-6(11(12)13)3-10-7(5)14-4-9/h1,3H. The Bertz CT molecular complexity index is 460. The van der Waals surface area contributed by atoms with Crippen LogP contribution in [0.3, 0.4) is 0 Å². The van der Waals surface area contributed by atoms with E-state index in [0.29, 0.717) is 11.8 Å². The Hall–Kier alpha value is -2.12. The van der Waals surface area contributed by atoms with Crippen molar-refractivity contribution in [2.24, 2.45) is 0 Å². The van der Waals surface area contributed by atoms with Gasteiger partial charge in [-0.2, -0.15) is 10.5 Å². The summed E-state index contributed by atoms with van der Waals surface area (Å²) >= 11 is 0.696. The summed E-state index contributed by atoms with van der Waals surface area (Å²) in [6.07, 6.45) is 1.01. The van der Waals surface area contributed by atoms with E-state index in [0.717, 1.165) is 12.3 Å². The van der Waals surface area contributed by atoms with Gasteiger partial charge in [-0.05, 0) is 0 Å². The van der Waals surface area contributed by atoms with Crippen molar-refractivity contribution in [1.82, 2.24) is 4.98 Å².